The molecule has 1 aromatic carbocycles. The lowest BCUT2D eigenvalue weighted by atomic mass is 9.95. The van der Waals surface area contributed by atoms with Crippen molar-refractivity contribution in [2.24, 2.45) is 0 Å². The van der Waals surface area contributed by atoms with Gasteiger partial charge in [0.1, 0.15) is 11.3 Å². The molecule has 0 aliphatic rings. The second kappa shape index (κ2) is 8.11. The maximum Gasteiger partial charge on any atom is 0.336 e. The minimum atomic E-state index is -0.314. The average molecular weight is 368 g/mol. The van der Waals surface area contributed by atoms with Crippen LogP contribution in [0.15, 0.2) is 50.2 Å². The molecule has 0 bridgehead atoms. The van der Waals surface area contributed by atoms with E-state index >= 15 is 0 Å². The van der Waals surface area contributed by atoms with Crippen LogP contribution in [0.5, 0.6) is 0 Å². The van der Waals surface area contributed by atoms with Gasteiger partial charge in [-0.2, -0.15) is 0 Å². The van der Waals surface area contributed by atoms with Crippen molar-refractivity contribution < 1.29 is 8.83 Å². The van der Waals surface area contributed by atoms with E-state index in [1.165, 1.54) is 5.56 Å². The second-order valence-electron chi connectivity index (χ2n) is 7.58. The van der Waals surface area contributed by atoms with Gasteiger partial charge in [0.15, 0.2) is 0 Å². The number of benzene rings is 1. The molecule has 0 saturated carbocycles. The molecule has 3 rings (SSSR count). The summed E-state index contributed by atoms with van der Waals surface area (Å²) in [7, 11) is 4.05. The molecule has 3 aromatic rings. The topological polar surface area (TPSA) is 58.6 Å². The molecule has 2 aromatic heterocycles. The monoisotopic (exact) mass is 368 g/mol. The average Bonchev–Trinajstić information content (AvgIpc) is 3.11. The molecule has 144 valence electrons. The summed E-state index contributed by atoms with van der Waals surface area (Å²) >= 11 is 0. The van der Waals surface area contributed by atoms with Crippen molar-refractivity contribution >= 4 is 11.0 Å². The summed E-state index contributed by atoms with van der Waals surface area (Å²) in [6, 6.07) is 9.73. The molecule has 0 saturated heterocycles. The lowest BCUT2D eigenvalue weighted by molar-refractivity contribution is 0.250. The third kappa shape index (κ3) is 4.31. The summed E-state index contributed by atoms with van der Waals surface area (Å²) < 4.78 is 11.0. The van der Waals surface area contributed by atoms with Crippen LogP contribution in [-0.2, 0) is 6.54 Å². The first-order chi connectivity index (χ1) is 12.9. The van der Waals surface area contributed by atoms with Gasteiger partial charge < -0.3 is 14.2 Å². The zero-order valence-electron chi connectivity index (χ0n) is 16.7. The maximum atomic E-state index is 12.0. The molecule has 1 atom stereocenters. The molecule has 5 heteroatoms. The van der Waals surface area contributed by atoms with E-state index in [1.807, 2.05) is 32.3 Å². The van der Waals surface area contributed by atoms with Gasteiger partial charge in [-0.15, -0.1) is 0 Å². The van der Waals surface area contributed by atoms with E-state index in [1.54, 1.807) is 12.3 Å². The molecule has 0 spiro atoms. The Labute approximate surface area is 160 Å². The van der Waals surface area contributed by atoms with Crippen molar-refractivity contribution in [3.05, 3.63) is 69.5 Å². The SMILES string of the molecule is Cc1cc2oc(=O)cc(CNC[C@@H](c3ccco3)N(C)C)c2cc1C(C)C. The molecule has 27 heavy (non-hydrogen) atoms. The smallest absolute Gasteiger partial charge is 0.336 e. The number of nitrogens with one attached hydrogen (secondary N) is 1. The van der Waals surface area contributed by atoms with E-state index < -0.39 is 0 Å². The van der Waals surface area contributed by atoms with Gasteiger partial charge in [0.2, 0.25) is 0 Å². The highest BCUT2D eigenvalue weighted by atomic mass is 16.4. The predicted octanol–water partition coefficient (Wildman–Crippen LogP) is 4.21. The van der Waals surface area contributed by atoms with E-state index in [2.05, 4.69) is 37.1 Å². The first-order valence-corrected chi connectivity index (χ1v) is 9.34. The van der Waals surface area contributed by atoms with E-state index in [0.29, 0.717) is 24.6 Å². The Morgan fingerprint density at radius 3 is 2.59 bits per heavy atom. The van der Waals surface area contributed by atoms with Crippen LogP contribution in [0.2, 0.25) is 0 Å². The fraction of sp³-hybridized carbons (Fsp3) is 0.409. The molecule has 0 unspecified atom stereocenters. The summed E-state index contributed by atoms with van der Waals surface area (Å²) in [6.07, 6.45) is 1.69. The van der Waals surface area contributed by atoms with E-state index in [9.17, 15) is 4.79 Å². The van der Waals surface area contributed by atoms with Crippen LogP contribution < -0.4 is 10.9 Å². The number of aryl methyl sites for hydroxylation is 1. The number of furan rings is 1. The van der Waals surface area contributed by atoms with Crippen LogP contribution in [0.25, 0.3) is 11.0 Å². The minimum Gasteiger partial charge on any atom is -0.468 e. The van der Waals surface area contributed by atoms with Gasteiger partial charge in [0.25, 0.3) is 0 Å². The van der Waals surface area contributed by atoms with Gasteiger partial charge in [0.05, 0.1) is 12.3 Å². The lowest BCUT2D eigenvalue weighted by Crippen LogP contribution is -2.30. The van der Waals surface area contributed by atoms with Gasteiger partial charge in [-0.1, -0.05) is 13.8 Å². The lowest BCUT2D eigenvalue weighted by Gasteiger charge is -2.23. The zero-order chi connectivity index (χ0) is 19.6. The predicted molar refractivity (Wildman–Crippen MR) is 108 cm³/mol. The van der Waals surface area contributed by atoms with Crippen molar-refractivity contribution in [3.63, 3.8) is 0 Å². The van der Waals surface area contributed by atoms with Gasteiger partial charge in [-0.05, 0) is 67.9 Å². The van der Waals surface area contributed by atoms with Crippen molar-refractivity contribution in [2.75, 3.05) is 20.6 Å². The van der Waals surface area contributed by atoms with Crippen molar-refractivity contribution in [3.8, 4) is 0 Å². The Balaban J connectivity index is 1.85. The van der Waals surface area contributed by atoms with Crippen LogP contribution in [-0.4, -0.2) is 25.5 Å². The second-order valence-corrected chi connectivity index (χ2v) is 7.58. The van der Waals surface area contributed by atoms with Crippen LogP contribution in [0.3, 0.4) is 0 Å². The number of hydrogen-bond donors (Lipinski definition) is 1. The molecular weight excluding hydrogens is 340 g/mol. The molecule has 0 aliphatic carbocycles. The first-order valence-electron chi connectivity index (χ1n) is 9.34. The number of nitrogens with zero attached hydrogens (tertiary/aromatic N) is 1. The van der Waals surface area contributed by atoms with Crippen LogP contribution in [0.4, 0.5) is 0 Å². The third-order valence-electron chi connectivity index (χ3n) is 4.99. The van der Waals surface area contributed by atoms with Crippen molar-refractivity contribution in [1.82, 2.24) is 10.2 Å². The molecule has 0 radical (unpaired) electrons. The fourth-order valence-corrected chi connectivity index (χ4v) is 3.52. The standard InChI is InChI=1S/C22H28N2O3/c1-14(2)17-11-18-16(10-22(25)27-21(18)9-15(17)3)12-23-13-19(24(4)5)20-7-6-8-26-20/h6-11,14,19,23H,12-13H2,1-5H3/t19-/m0/s1. The van der Waals surface area contributed by atoms with Crippen molar-refractivity contribution in [2.45, 2.75) is 39.3 Å². The van der Waals surface area contributed by atoms with Crippen LogP contribution >= 0.6 is 0 Å². The van der Waals surface area contributed by atoms with Gasteiger partial charge >= 0.3 is 5.63 Å². The summed E-state index contributed by atoms with van der Waals surface area (Å²) in [5, 5.41) is 4.47. The van der Waals surface area contributed by atoms with E-state index in [4.69, 9.17) is 8.83 Å². The first kappa shape index (κ1) is 19.4. The number of fused-ring (bicyclic) bond motifs is 1. The Kier molecular flexibility index (Phi) is 5.82. The zero-order valence-corrected chi connectivity index (χ0v) is 16.7. The quantitative estimate of drug-likeness (QED) is 0.633. The van der Waals surface area contributed by atoms with Crippen LogP contribution in [0, 0.1) is 6.92 Å². The molecule has 5 nitrogen and oxygen atoms in total. The largest absolute Gasteiger partial charge is 0.468 e. The van der Waals surface area contributed by atoms with Crippen LogP contribution in [0.1, 0.15) is 48.3 Å². The molecular formula is C22H28N2O3. The summed E-state index contributed by atoms with van der Waals surface area (Å²) in [5.74, 6) is 1.34. The highest BCUT2D eigenvalue weighted by Crippen LogP contribution is 2.27. The van der Waals surface area contributed by atoms with Crippen molar-refractivity contribution in [1.29, 1.82) is 0 Å². The Bertz CT molecular complexity index is 956. The fourth-order valence-electron chi connectivity index (χ4n) is 3.52. The normalized spacial score (nSPS) is 13.0. The Morgan fingerprint density at radius 2 is 1.96 bits per heavy atom. The molecule has 0 amide bonds. The molecule has 0 aliphatic heterocycles. The Morgan fingerprint density at radius 1 is 1.19 bits per heavy atom. The molecule has 2 heterocycles. The maximum absolute atomic E-state index is 12.0. The minimum absolute atomic E-state index is 0.125. The summed E-state index contributed by atoms with van der Waals surface area (Å²) in [5.41, 5.74) is 3.72. The Hall–Kier alpha value is -2.37. The number of hydrogen-bond acceptors (Lipinski definition) is 5. The summed E-state index contributed by atoms with van der Waals surface area (Å²) in [6.45, 7) is 7.72. The van der Waals surface area contributed by atoms with E-state index in [0.717, 1.165) is 22.3 Å². The summed E-state index contributed by atoms with van der Waals surface area (Å²) in [4.78, 5) is 14.1. The number of rotatable bonds is 7. The highest BCUT2D eigenvalue weighted by Gasteiger charge is 2.17. The molecule has 1 N–H and O–H groups in total. The van der Waals surface area contributed by atoms with Gasteiger partial charge in [-0.25, -0.2) is 4.79 Å². The molecule has 0 fully saturated rings. The third-order valence-corrected chi connectivity index (χ3v) is 4.99. The van der Waals surface area contributed by atoms with Gasteiger partial charge in [0, 0.05) is 24.5 Å². The number of likely N-dealkylation sites (N-methyl/N-ethyl adjacent to an activating group) is 1. The van der Waals surface area contributed by atoms with E-state index in [-0.39, 0.29) is 11.7 Å². The highest BCUT2D eigenvalue weighted by molar-refractivity contribution is 5.82. The van der Waals surface area contributed by atoms with Gasteiger partial charge in [-0.3, -0.25) is 4.90 Å².